The normalized spacial score (nSPS) is 12.5. The van der Waals surface area contributed by atoms with Gasteiger partial charge in [0.2, 0.25) is 6.10 Å². The van der Waals surface area contributed by atoms with E-state index in [2.05, 4.69) is 23.8 Å². The van der Waals surface area contributed by atoms with E-state index in [1.165, 1.54) is 62.6 Å². The summed E-state index contributed by atoms with van der Waals surface area (Å²) in [7, 11) is 0. The van der Waals surface area contributed by atoms with Gasteiger partial charge in [-0.25, -0.2) is 4.79 Å². The summed E-state index contributed by atoms with van der Waals surface area (Å²) in [5.41, 5.74) is 3.23. The summed E-state index contributed by atoms with van der Waals surface area (Å²) < 4.78 is 48.6. The minimum absolute atomic E-state index is 0.0695. The van der Waals surface area contributed by atoms with Gasteiger partial charge in [-0.1, -0.05) is 81.8 Å². The lowest BCUT2D eigenvalue weighted by molar-refractivity contribution is -0.217. The maximum absolute atomic E-state index is 13.0. The van der Waals surface area contributed by atoms with Crippen molar-refractivity contribution in [1.82, 2.24) is 0 Å². The fourth-order valence-electron chi connectivity index (χ4n) is 3.57. The van der Waals surface area contributed by atoms with E-state index in [1.54, 1.807) is 19.1 Å². The minimum Gasteiger partial charge on any atom is -0.447 e. The molecule has 0 saturated heterocycles. The number of benzene rings is 2. The van der Waals surface area contributed by atoms with E-state index >= 15 is 0 Å². The quantitative estimate of drug-likeness (QED) is 0.212. The highest BCUT2D eigenvalue weighted by molar-refractivity contribution is 5.90. The van der Waals surface area contributed by atoms with Crippen molar-refractivity contribution >= 4 is 5.97 Å². The lowest BCUT2D eigenvalue weighted by Crippen LogP contribution is -2.37. The number of carbonyl (C=O) groups is 1. The molecule has 0 aromatic heterocycles. The van der Waals surface area contributed by atoms with Crippen LogP contribution in [0, 0.1) is 0 Å². The fraction of sp³-hybridized carbons (Fsp3) is 0.519. The summed E-state index contributed by atoms with van der Waals surface area (Å²) in [6, 6.07) is 14.7. The van der Waals surface area contributed by atoms with E-state index in [1.807, 2.05) is 12.1 Å². The second-order valence-corrected chi connectivity index (χ2v) is 8.24. The molecule has 0 bridgehead atoms. The number of unbranched alkanes of at least 4 members (excludes halogenated alkanes) is 6. The average molecular weight is 465 g/mol. The largest absolute Gasteiger partial charge is 0.447 e. The van der Waals surface area contributed by atoms with E-state index in [-0.39, 0.29) is 12.2 Å². The lowest BCUT2D eigenvalue weighted by Gasteiger charge is -2.20. The van der Waals surface area contributed by atoms with Gasteiger partial charge in [0.1, 0.15) is 0 Å². The lowest BCUT2D eigenvalue weighted by atomic mass is 10.00. The highest BCUT2D eigenvalue weighted by Crippen LogP contribution is 2.25. The number of hydrogen-bond donors (Lipinski definition) is 0. The van der Waals surface area contributed by atoms with Gasteiger partial charge in [0, 0.05) is 6.61 Å². The molecule has 1 atom stereocenters. The van der Waals surface area contributed by atoms with Gasteiger partial charge >= 0.3 is 12.1 Å². The van der Waals surface area contributed by atoms with Crippen molar-refractivity contribution in [2.45, 2.75) is 77.5 Å². The van der Waals surface area contributed by atoms with E-state index < -0.39 is 24.9 Å². The first-order valence-corrected chi connectivity index (χ1v) is 11.9. The van der Waals surface area contributed by atoms with E-state index in [0.29, 0.717) is 0 Å². The summed E-state index contributed by atoms with van der Waals surface area (Å²) >= 11 is 0. The predicted octanol–water partition coefficient (Wildman–Crippen LogP) is 7.77. The molecule has 33 heavy (non-hydrogen) atoms. The van der Waals surface area contributed by atoms with Gasteiger partial charge < -0.3 is 9.47 Å². The SMILES string of the molecule is CCCCCCCCCc1ccc(-c2ccc(C(=O)OC(COCC)C(F)(F)F)cc2)cc1. The van der Waals surface area contributed by atoms with Crippen molar-refractivity contribution in [2.75, 3.05) is 13.2 Å². The zero-order valence-corrected chi connectivity index (χ0v) is 19.6. The minimum atomic E-state index is -4.68. The van der Waals surface area contributed by atoms with Gasteiger partial charge in [-0.15, -0.1) is 0 Å². The second-order valence-electron chi connectivity index (χ2n) is 8.24. The first kappa shape index (κ1) is 26.9. The molecule has 1 unspecified atom stereocenters. The molecule has 2 aromatic rings. The number of esters is 1. The monoisotopic (exact) mass is 464 g/mol. The van der Waals surface area contributed by atoms with Crippen molar-refractivity contribution in [3.05, 3.63) is 59.7 Å². The van der Waals surface area contributed by atoms with Crippen LogP contribution in [0.25, 0.3) is 11.1 Å². The molecular weight excluding hydrogens is 429 g/mol. The molecule has 2 aromatic carbocycles. The molecule has 0 fully saturated rings. The van der Waals surface area contributed by atoms with Crippen LogP contribution >= 0.6 is 0 Å². The van der Waals surface area contributed by atoms with Crippen molar-refractivity contribution in [3.63, 3.8) is 0 Å². The van der Waals surface area contributed by atoms with E-state index in [4.69, 9.17) is 4.74 Å². The Labute approximate surface area is 195 Å². The van der Waals surface area contributed by atoms with E-state index in [0.717, 1.165) is 17.5 Å². The molecule has 0 spiro atoms. The predicted molar refractivity (Wildman–Crippen MR) is 125 cm³/mol. The number of halogens is 3. The second kappa shape index (κ2) is 14.0. The van der Waals surface area contributed by atoms with Gasteiger partial charge in [0.05, 0.1) is 12.2 Å². The van der Waals surface area contributed by atoms with Crippen molar-refractivity contribution in [3.8, 4) is 11.1 Å². The van der Waals surface area contributed by atoms with Gasteiger partial charge in [-0.05, 0) is 48.6 Å². The zero-order valence-electron chi connectivity index (χ0n) is 19.6. The summed E-state index contributed by atoms with van der Waals surface area (Å²) in [6.07, 6.45) is 3.07. The number of hydrogen-bond acceptors (Lipinski definition) is 3. The Morgan fingerprint density at radius 2 is 1.36 bits per heavy atom. The van der Waals surface area contributed by atoms with Crippen molar-refractivity contribution in [2.24, 2.45) is 0 Å². The van der Waals surface area contributed by atoms with Crippen molar-refractivity contribution in [1.29, 1.82) is 0 Å². The molecule has 0 saturated carbocycles. The van der Waals surface area contributed by atoms with Gasteiger partial charge in [0.25, 0.3) is 0 Å². The maximum atomic E-state index is 13.0. The Hall–Kier alpha value is -2.34. The number of alkyl halides is 3. The molecule has 2 rings (SSSR count). The van der Waals surface area contributed by atoms with Crippen LogP contribution < -0.4 is 0 Å². The number of rotatable bonds is 14. The van der Waals surface area contributed by atoms with Crippen molar-refractivity contribution < 1.29 is 27.4 Å². The molecule has 6 heteroatoms. The fourth-order valence-corrected chi connectivity index (χ4v) is 3.57. The summed E-state index contributed by atoms with van der Waals surface area (Å²) in [5.74, 6) is -1.02. The topological polar surface area (TPSA) is 35.5 Å². The molecule has 0 aliphatic rings. The Kier molecular flexibility index (Phi) is 11.4. The first-order valence-electron chi connectivity index (χ1n) is 11.9. The Morgan fingerprint density at radius 3 is 1.91 bits per heavy atom. The van der Waals surface area contributed by atoms with Crippen LogP contribution in [0.5, 0.6) is 0 Å². The maximum Gasteiger partial charge on any atom is 0.427 e. The highest BCUT2D eigenvalue weighted by Gasteiger charge is 2.43. The molecular formula is C27H35F3O3. The van der Waals surface area contributed by atoms with Crippen LogP contribution in [0.2, 0.25) is 0 Å². The van der Waals surface area contributed by atoms with Crippen LogP contribution in [-0.4, -0.2) is 31.5 Å². The summed E-state index contributed by atoms with van der Waals surface area (Å²) in [4.78, 5) is 12.2. The van der Waals surface area contributed by atoms with Gasteiger partial charge in [0.15, 0.2) is 0 Å². The summed E-state index contributed by atoms with van der Waals surface area (Å²) in [5, 5.41) is 0. The third-order valence-electron chi connectivity index (χ3n) is 5.56. The number of aryl methyl sites for hydroxylation is 1. The zero-order chi connectivity index (χ0) is 24.1. The van der Waals surface area contributed by atoms with Gasteiger partial charge in [-0.2, -0.15) is 13.2 Å². The van der Waals surface area contributed by atoms with Crippen LogP contribution in [0.4, 0.5) is 13.2 Å². The third-order valence-corrected chi connectivity index (χ3v) is 5.56. The first-order chi connectivity index (χ1) is 15.8. The molecule has 0 heterocycles. The van der Waals surface area contributed by atoms with Crippen LogP contribution in [0.1, 0.15) is 74.7 Å². The number of ether oxygens (including phenoxy) is 2. The van der Waals surface area contributed by atoms with E-state index in [9.17, 15) is 18.0 Å². The molecule has 182 valence electrons. The van der Waals surface area contributed by atoms with Gasteiger partial charge in [-0.3, -0.25) is 0 Å². The molecule has 0 N–H and O–H groups in total. The van der Waals surface area contributed by atoms with Crippen LogP contribution in [-0.2, 0) is 15.9 Å². The Bertz CT molecular complexity index is 814. The van der Waals surface area contributed by atoms with Crippen LogP contribution in [0.3, 0.4) is 0 Å². The highest BCUT2D eigenvalue weighted by atomic mass is 19.4. The molecule has 3 nitrogen and oxygen atoms in total. The number of carbonyl (C=O) groups excluding carboxylic acids is 1. The Balaban J connectivity index is 1.88. The van der Waals surface area contributed by atoms with Crippen LogP contribution in [0.15, 0.2) is 48.5 Å². The molecule has 0 amide bonds. The average Bonchev–Trinajstić information content (AvgIpc) is 2.81. The molecule has 0 aliphatic heterocycles. The Morgan fingerprint density at radius 1 is 0.818 bits per heavy atom. The smallest absolute Gasteiger partial charge is 0.427 e. The molecule has 0 aliphatic carbocycles. The third kappa shape index (κ3) is 9.58. The molecule has 0 radical (unpaired) electrons. The standard InChI is InChI=1S/C27H35F3O3/c1-3-5-6-7-8-9-10-11-21-12-14-22(15-13-21)23-16-18-24(19-17-23)26(31)33-25(20-32-4-2)27(28,29)30/h12-19,25H,3-11,20H2,1-2H3. The summed E-state index contributed by atoms with van der Waals surface area (Å²) in [6.45, 7) is 3.20.